The number of carbonyl (C=O) groups is 3. The topological polar surface area (TPSA) is 165 Å². The fourth-order valence-electron chi connectivity index (χ4n) is 2.50. The predicted molar refractivity (Wildman–Crippen MR) is 181 cm³/mol. The van der Waals surface area contributed by atoms with Crippen LogP contribution in [0.1, 0.15) is 60.8 Å². The van der Waals surface area contributed by atoms with E-state index >= 15 is 0 Å². The molecule has 0 aliphatic rings. The third-order valence-electron chi connectivity index (χ3n) is 7.32. The Morgan fingerprint density at radius 2 is 0.681 bits per heavy atom. The first kappa shape index (κ1) is 51.5. The maximum Gasteiger partial charge on any atom is 0.333 e. The van der Waals surface area contributed by atoms with E-state index in [1.807, 2.05) is 0 Å². The van der Waals surface area contributed by atoms with Crippen molar-refractivity contribution >= 4 is 25.7 Å². The summed E-state index contributed by atoms with van der Waals surface area (Å²) < 4.78 is 26.2. The molecule has 0 radical (unpaired) electrons. The molecule has 13 nitrogen and oxygen atoms in total. The van der Waals surface area contributed by atoms with Crippen LogP contribution in [0.15, 0.2) is 36.5 Å². The molecular weight excluding hydrogens is 629 g/mol. The summed E-state index contributed by atoms with van der Waals surface area (Å²) >= 11 is 0. The summed E-state index contributed by atoms with van der Waals surface area (Å²) in [5, 5.41) is 0. The van der Waals surface area contributed by atoms with Gasteiger partial charge in [-0.25, -0.2) is 14.4 Å². The van der Waals surface area contributed by atoms with E-state index in [0.29, 0.717) is 54.7 Å². The van der Waals surface area contributed by atoms with E-state index in [0.717, 1.165) is 32.7 Å². The molecule has 0 heterocycles. The molecular formula is C33H66N3O10P. The van der Waals surface area contributed by atoms with Crippen molar-refractivity contribution in [3.05, 3.63) is 36.5 Å². The highest BCUT2D eigenvalue weighted by Crippen LogP contribution is 2.09. The van der Waals surface area contributed by atoms with Crippen molar-refractivity contribution in [2.75, 3.05) is 83.2 Å². The van der Waals surface area contributed by atoms with Crippen LogP contribution in [0.5, 0.6) is 0 Å². The van der Waals surface area contributed by atoms with Gasteiger partial charge >= 0.3 is 17.9 Å². The first-order chi connectivity index (χ1) is 20.7. The van der Waals surface area contributed by atoms with Gasteiger partial charge in [-0.2, -0.15) is 7.82 Å². The fourth-order valence-corrected chi connectivity index (χ4v) is 2.50. The van der Waals surface area contributed by atoms with Crippen LogP contribution in [0.25, 0.3) is 0 Å². The highest BCUT2D eigenvalue weighted by Gasteiger charge is 2.20. The largest absolute Gasteiger partial charge is 0.822 e. The Morgan fingerprint density at radius 1 is 0.532 bits per heavy atom. The number of carbonyl (C=O) groups excluding carboxylic acids is 3. The van der Waals surface area contributed by atoms with Crippen molar-refractivity contribution in [2.24, 2.45) is 0 Å². The van der Waals surface area contributed by atoms with Gasteiger partial charge in [0.2, 0.25) is 0 Å². The number of esters is 3. The zero-order chi connectivity index (χ0) is 38.6. The number of rotatable bonds is 15. The molecule has 0 rings (SSSR count). The Bertz CT molecular complexity index is 912. The first-order valence-electron chi connectivity index (χ1n) is 15.4. The highest BCUT2D eigenvalue weighted by atomic mass is 31.2. The van der Waals surface area contributed by atoms with E-state index in [2.05, 4.69) is 104 Å². The minimum Gasteiger partial charge on any atom is -0.822 e. The van der Waals surface area contributed by atoms with Crippen LogP contribution in [0.2, 0.25) is 0 Å². The molecule has 0 fully saturated rings. The van der Waals surface area contributed by atoms with Crippen molar-refractivity contribution in [3.63, 3.8) is 0 Å². The molecule has 0 aliphatic carbocycles. The van der Waals surface area contributed by atoms with Crippen molar-refractivity contribution in [1.29, 1.82) is 0 Å². The predicted octanol–water partition coefficient (Wildman–Crippen LogP) is 1.95. The Labute approximate surface area is 285 Å². The van der Waals surface area contributed by atoms with E-state index in [1.165, 1.54) is 0 Å². The standard InChI is InChI=1S/3C11H22NO2.H3O4P/c3*1-9(2)11(13)14-8-7-10(3)12(4,5)6;1-5(2,3)4/h3*10H,1,7-8H2,2-6H3;(H3,1,2,3,4)/q3*+1;/p-3. The third kappa shape index (κ3) is 36.3. The average molecular weight is 696 g/mol. The van der Waals surface area contributed by atoms with Gasteiger partial charge in [0.1, 0.15) is 0 Å². The van der Waals surface area contributed by atoms with E-state index in [1.54, 1.807) is 20.8 Å². The maximum atomic E-state index is 11.0. The van der Waals surface area contributed by atoms with Gasteiger partial charge < -0.3 is 46.9 Å². The Hall–Kier alpha value is -2.38. The van der Waals surface area contributed by atoms with Crippen LogP contribution in [0.4, 0.5) is 0 Å². The summed E-state index contributed by atoms with van der Waals surface area (Å²) in [6.07, 6.45) is 2.63. The number of hydrogen-bond donors (Lipinski definition) is 0. The summed E-state index contributed by atoms with van der Waals surface area (Å²) in [6.45, 7) is 23.4. The molecule has 0 aliphatic heterocycles. The van der Waals surface area contributed by atoms with Crippen molar-refractivity contribution < 1.29 is 61.3 Å². The van der Waals surface area contributed by atoms with E-state index in [9.17, 15) is 14.4 Å². The molecule has 0 bridgehead atoms. The maximum absolute atomic E-state index is 11.0. The molecule has 0 aromatic rings. The highest BCUT2D eigenvalue weighted by molar-refractivity contribution is 7.40. The van der Waals surface area contributed by atoms with Gasteiger partial charge in [-0.1, -0.05) is 19.7 Å². The minimum atomic E-state index is -5.39. The van der Waals surface area contributed by atoms with Gasteiger partial charge in [0.15, 0.2) is 0 Å². The third-order valence-corrected chi connectivity index (χ3v) is 7.32. The van der Waals surface area contributed by atoms with Gasteiger partial charge in [-0.3, -0.25) is 0 Å². The first-order valence-corrected chi connectivity index (χ1v) is 16.8. The number of hydrogen-bond acceptors (Lipinski definition) is 10. The van der Waals surface area contributed by atoms with Gasteiger partial charge in [0.25, 0.3) is 0 Å². The van der Waals surface area contributed by atoms with Crippen molar-refractivity contribution in [1.82, 2.24) is 0 Å². The summed E-state index contributed by atoms with van der Waals surface area (Å²) in [7, 11) is 13.8. The molecule has 0 N–H and O–H groups in total. The lowest BCUT2D eigenvalue weighted by atomic mass is 10.2. The Kier molecular flexibility index (Phi) is 26.1. The van der Waals surface area contributed by atoms with Crippen molar-refractivity contribution in [2.45, 2.75) is 78.9 Å². The number of nitrogens with zero attached hydrogens (tertiary/aromatic N) is 3. The smallest absolute Gasteiger partial charge is 0.333 e. The summed E-state index contributed by atoms with van der Waals surface area (Å²) in [6, 6.07) is 1.44. The molecule has 0 spiro atoms. The molecule has 278 valence electrons. The SMILES string of the molecule is C=C(C)C(=O)OCCC(C)[N+](C)(C)C.C=C(C)C(=O)OCCC(C)[N+](C)(C)C.C=C(C)C(=O)OCCC(C)[N+](C)(C)C.O=P([O-])([O-])[O-]. The number of phosphoric acid groups is 1. The van der Waals surface area contributed by atoms with Crippen LogP contribution in [-0.4, -0.2) is 133 Å². The average Bonchev–Trinajstić information content (AvgIpc) is 2.86. The fraction of sp³-hybridized carbons (Fsp3) is 0.727. The lowest BCUT2D eigenvalue weighted by molar-refractivity contribution is -0.894. The Morgan fingerprint density at radius 3 is 0.787 bits per heavy atom. The van der Waals surface area contributed by atoms with Crippen LogP contribution >= 0.6 is 7.82 Å². The lowest BCUT2D eigenvalue weighted by Crippen LogP contribution is -2.43. The molecule has 3 unspecified atom stereocenters. The van der Waals surface area contributed by atoms with E-state index in [-0.39, 0.29) is 17.9 Å². The van der Waals surface area contributed by atoms with Gasteiger partial charge in [0, 0.05) is 36.0 Å². The molecule has 14 heteroatoms. The molecule has 3 atom stereocenters. The van der Waals surface area contributed by atoms with Crippen LogP contribution in [-0.2, 0) is 33.2 Å². The monoisotopic (exact) mass is 695 g/mol. The van der Waals surface area contributed by atoms with Gasteiger partial charge in [-0.05, 0) is 41.5 Å². The van der Waals surface area contributed by atoms with Crippen LogP contribution in [0.3, 0.4) is 0 Å². The lowest BCUT2D eigenvalue weighted by Gasteiger charge is -2.36. The summed E-state index contributed by atoms with van der Waals surface area (Å²) in [4.78, 5) is 58.8. The van der Waals surface area contributed by atoms with E-state index in [4.69, 9.17) is 33.5 Å². The molecule has 0 aromatic heterocycles. The second-order valence-corrected chi connectivity index (χ2v) is 15.4. The summed E-state index contributed by atoms with van der Waals surface area (Å²) in [5.74, 6) is -0.879. The van der Waals surface area contributed by atoms with Gasteiger partial charge in [0.05, 0.1) is 101 Å². The minimum absolute atomic E-state index is 0.293. The van der Waals surface area contributed by atoms with Crippen LogP contribution < -0.4 is 14.7 Å². The second kappa shape index (κ2) is 23.9. The van der Waals surface area contributed by atoms with E-state index < -0.39 is 7.82 Å². The Balaban J connectivity index is -0.000000275. The molecule has 0 aromatic carbocycles. The summed E-state index contributed by atoms with van der Waals surface area (Å²) in [5.41, 5.74) is 1.38. The molecule has 47 heavy (non-hydrogen) atoms. The number of ether oxygens (including phenoxy) is 3. The zero-order valence-electron chi connectivity index (χ0n) is 32.0. The molecule has 0 saturated carbocycles. The quantitative estimate of drug-likeness (QED) is 0.0813. The molecule has 0 amide bonds. The normalized spacial score (nSPS) is 13.3. The van der Waals surface area contributed by atoms with Gasteiger partial charge in [-0.15, -0.1) is 0 Å². The van der Waals surface area contributed by atoms with Crippen molar-refractivity contribution in [3.8, 4) is 0 Å². The second-order valence-electron chi connectivity index (χ2n) is 14.5. The van der Waals surface area contributed by atoms with Crippen LogP contribution in [0, 0.1) is 0 Å². The molecule has 0 saturated heterocycles. The number of quaternary nitrogens is 3. The zero-order valence-corrected chi connectivity index (χ0v) is 32.9.